The van der Waals surface area contributed by atoms with Gasteiger partial charge in [-0.05, 0) is 31.0 Å². The lowest BCUT2D eigenvalue weighted by Gasteiger charge is -2.28. The normalized spacial score (nSPS) is 12.0. The van der Waals surface area contributed by atoms with E-state index in [0.717, 1.165) is 5.56 Å². The molecule has 140 valence electrons. The van der Waals surface area contributed by atoms with Gasteiger partial charge in [-0.1, -0.05) is 13.8 Å². The van der Waals surface area contributed by atoms with Crippen molar-refractivity contribution in [2.24, 2.45) is 0 Å². The van der Waals surface area contributed by atoms with Gasteiger partial charge in [0.05, 0.1) is 25.8 Å². The zero-order chi connectivity index (χ0) is 19.4. The van der Waals surface area contributed by atoms with Crippen molar-refractivity contribution in [3.63, 3.8) is 0 Å². The van der Waals surface area contributed by atoms with E-state index < -0.39 is 0 Å². The fourth-order valence-electron chi connectivity index (χ4n) is 2.87. The Balaban J connectivity index is 2.38. The largest absolute Gasteiger partial charge is 0.497 e. The number of nitrogens with zero attached hydrogens (tertiary/aromatic N) is 1. The molecule has 0 saturated heterocycles. The average molecular weight is 358 g/mol. The molecule has 1 atom stereocenters. The maximum Gasteiger partial charge on any atom is 0.255 e. The average Bonchev–Trinajstić information content (AvgIpc) is 2.65. The second-order valence-electron chi connectivity index (χ2n) is 6.50. The summed E-state index contributed by atoms with van der Waals surface area (Å²) in [6, 6.07) is 8.27. The molecule has 6 heteroatoms. The molecule has 1 N–H and O–H groups in total. The molecule has 1 unspecified atom stereocenters. The number of rotatable bonds is 6. The lowest BCUT2D eigenvalue weighted by atomic mass is 10.0. The van der Waals surface area contributed by atoms with Crippen molar-refractivity contribution in [3.05, 3.63) is 57.5 Å². The van der Waals surface area contributed by atoms with Gasteiger partial charge >= 0.3 is 0 Å². The number of carbonyl (C=O) groups excluding carboxylic acids is 1. The quantitative estimate of drug-likeness (QED) is 0.860. The van der Waals surface area contributed by atoms with Crippen LogP contribution >= 0.6 is 0 Å². The van der Waals surface area contributed by atoms with Gasteiger partial charge in [0.15, 0.2) is 0 Å². The van der Waals surface area contributed by atoms with Crippen LogP contribution in [0.5, 0.6) is 11.5 Å². The zero-order valence-electron chi connectivity index (χ0n) is 16.1. The Morgan fingerprint density at radius 3 is 2.35 bits per heavy atom. The van der Waals surface area contributed by atoms with Crippen LogP contribution in [0.3, 0.4) is 0 Å². The zero-order valence-corrected chi connectivity index (χ0v) is 16.1. The van der Waals surface area contributed by atoms with Gasteiger partial charge in [-0.3, -0.25) is 9.59 Å². The van der Waals surface area contributed by atoms with Gasteiger partial charge in [-0.25, -0.2) is 0 Å². The molecule has 1 heterocycles. The van der Waals surface area contributed by atoms with Crippen LogP contribution in [-0.2, 0) is 0 Å². The highest BCUT2D eigenvalue weighted by molar-refractivity contribution is 5.95. The monoisotopic (exact) mass is 358 g/mol. The number of methoxy groups -OCH3 is 2. The van der Waals surface area contributed by atoms with Crippen molar-refractivity contribution in [1.29, 1.82) is 0 Å². The highest BCUT2D eigenvalue weighted by Crippen LogP contribution is 2.32. The van der Waals surface area contributed by atoms with Crippen LogP contribution in [0.2, 0.25) is 0 Å². The molecule has 0 aliphatic rings. The molecule has 6 nitrogen and oxygen atoms in total. The van der Waals surface area contributed by atoms with E-state index in [1.54, 1.807) is 38.3 Å². The standard InChI is InChI=1S/C20H26N2O4/c1-12(2)19-16(9-10-18(23)21-19)20(24)22(4)13(3)15-8-7-14(25-5)11-17(15)26-6/h7-13H,1-6H3,(H,21,23). The minimum absolute atomic E-state index is 0.0297. The molecule has 1 aromatic carbocycles. The predicted octanol–water partition coefficient (Wildman–Crippen LogP) is 3.35. The molecule has 2 rings (SSSR count). The van der Waals surface area contributed by atoms with Gasteiger partial charge in [0, 0.05) is 30.4 Å². The highest BCUT2D eigenvalue weighted by Gasteiger charge is 2.24. The number of ether oxygens (including phenoxy) is 2. The Hall–Kier alpha value is -2.76. The molecule has 0 fully saturated rings. The molecule has 0 radical (unpaired) electrons. The van der Waals surface area contributed by atoms with Crippen LogP contribution in [0.15, 0.2) is 35.1 Å². The first kappa shape index (κ1) is 19.6. The Morgan fingerprint density at radius 1 is 1.08 bits per heavy atom. The van der Waals surface area contributed by atoms with Crippen molar-refractivity contribution < 1.29 is 14.3 Å². The minimum atomic E-state index is -0.227. The number of amides is 1. The van der Waals surface area contributed by atoms with Crippen LogP contribution in [0, 0.1) is 0 Å². The Bertz CT molecular complexity index is 842. The van der Waals surface area contributed by atoms with E-state index in [1.165, 1.54) is 6.07 Å². The van der Waals surface area contributed by atoms with Gasteiger partial charge in [0.25, 0.3) is 5.91 Å². The number of carbonyl (C=O) groups is 1. The molecule has 0 bridgehead atoms. The van der Waals surface area contributed by atoms with Crippen LogP contribution in [-0.4, -0.2) is 37.1 Å². The number of benzene rings is 1. The summed E-state index contributed by atoms with van der Waals surface area (Å²) in [7, 11) is 4.93. The Morgan fingerprint density at radius 2 is 1.77 bits per heavy atom. The molecular formula is C20H26N2O4. The summed E-state index contributed by atoms with van der Waals surface area (Å²) in [4.78, 5) is 29.1. The van der Waals surface area contributed by atoms with Gasteiger partial charge in [0.2, 0.25) is 5.56 Å². The van der Waals surface area contributed by atoms with Crippen molar-refractivity contribution in [3.8, 4) is 11.5 Å². The van der Waals surface area contributed by atoms with Gasteiger partial charge in [-0.2, -0.15) is 0 Å². The molecule has 1 amide bonds. The molecule has 0 spiro atoms. The summed E-state index contributed by atoms with van der Waals surface area (Å²) in [5.74, 6) is 1.22. The third-order valence-corrected chi connectivity index (χ3v) is 4.55. The SMILES string of the molecule is COc1ccc(C(C)N(C)C(=O)c2ccc(=O)[nH]c2C(C)C)c(OC)c1. The van der Waals surface area contributed by atoms with E-state index in [0.29, 0.717) is 22.8 Å². The number of aromatic nitrogens is 1. The van der Waals surface area contributed by atoms with Crippen LogP contribution in [0.1, 0.15) is 54.3 Å². The number of hydrogen-bond donors (Lipinski definition) is 1. The summed E-state index contributed by atoms with van der Waals surface area (Å²) < 4.78 is 10.7. The van der Waals surface area contributed by atoms with Gasteiger partial charge < -0.3 is 19.4 Å². The van der Waals surface area contributed by atoms with E-state index in [4.69, 9.17) is 9.47 Å². The molecule has 2 aromatic rings. The minimum Gasteiger partial charge on any atom is -0.497 e. The van der Waals surface area contributed by atoms with E-state index in [2.05, 4.69) is 4.98 Å². The van der Waals surface area contributed by atoms with E-state index in [1.807, 2.05) is 32.9 Å². The first-order chi connectivity index (χ1) is 12.3. The molecule has 1 aromatic heterocycles. The van der Waals surface area contributed by atoms with Crippen LogP contribution in [0.4, 0.5) is 0 Å². The third-order valence-electron chi connectivity index (χ3n) is 4.55. The van der Waals surface area contributed by atoms with E-state index >= 15 is 0 Å². The maximum atomic E-state index is 13.1. The van der Waals surface area contributed by atoms with Gasteiger partial charge in [0.1, 0.15) is 11.5 Å². The smallest absolute Gasteiger partial charge is 0.255 e. The fraction of sp³-hybridized carbons (Fsp3) is 0.400. The predicted molar refractivity (Wildman–Crippen MR) is 101 cm³/mol. The second kappa shape index (κ2) is 8.08. The first-order valence-corrected chi connectivity index (χ1v) is 8.52. The van der Waals surface area contributed by atoms with E-state index in [-0.39, 0.29) is 23.4 Å². The van der Waals surface area contributed by atoms with Crippen molar-refractivity contribution in [2.45, 2.75) is 32.7 Å². The molecule has 0 aliphatic carbocycles. The van der Waals surface area contributed by atoms with Gasteiger partial charge in [-0.15, -0.1) is 0 Å². The number of nitrogens with one attached hydrogen (secondary N) is 1. The fourth-order valence-corrected chi connectivity index (χ4v) is 2.87. The summed E-state index contributed by atoms with van der Waals surface area (Å²) in [6.07, 6.45) is 0. The summed E-state index contributed by atoms with van der Waals surface area (Å²) in [6.45, 7) is 5.82. The lowest BCUT2D eigenvalue weighted by Crippen LogP contribution is -2.31. The van der Waals surface area contributed by atoms with Crippen LogP contribution in [0.25, 0.3) is 0 Å². The number of aromatic amines is 1. The topological polar surface area (TPSA) is 71.6 Å². The number of pyridine rings is 1. The van der Waals surface area contributed by atoms with Crippen LogP contribution < -0.4 is 15.0 Å². The highest BCUT2D eigenvalue weighted by atomic mass is 16.5. The number of H-pyrrole nitrogens is 1. The summed E-state index contributed by atoms with van der Waals surface area (Å²) in [5, 5.41) is 0. The summed E-state index contributed by atoms with van der Waals surface area (Å²) in [5.41, 5.74) is 1.81. The lowest BCUT2D eigenvalue weighted by molar-refractivity contribution is 0.0739. The molecule has 0 saturated carbocycles. The third kappa shape index (κ3) is 3.90. The second-order valence-corrected chi connectivity index (χ2v) is 6.50. The molecule has 26 heavy (non-hydrogen) atoms. The molecular weight excluding hydrogens is 332 g/mol. The Labute approximate surface area is 153 Å². The van der Waals surface area contributed by atoms with E-state index in [9.17, 15) is 9.59 Å². The van der Waals surface area contributed by atoms with Crippen molar-refractivity contribution in [2.75, 3.05) is 21.3 Å². The van der Waals surface area contributed by atoms with Crippen molar-refractivity contribution in [1.82, 2.24) is 9.88 Å². The Kier molecular flexibility index (Phi) is 6.08. The van der Waals surface area contributed by atoms with Crippen molar-refractivity contribution >= 4 is 5.91 Å². The number of hydrogen-bond acceptors (Lipinski definition) is 4. The first-order valence-electron chi connectivity index (χ1n) is 8.52. The maximum absolute atomic E-state index is 13.1. The summed E-state index contributed by atoms with van der Waals surface area (Å²) >= 11 is 0. The molecule has 0 aliphatic heterocycles.